The Hall–Kier alpha value is -1.16. The second-order valence-electron chi connectivity index (χ2n) is 7.42. The second kappa shape index (κ2) is 6.76. The number of rotatable bonds is 5. The van der Waals surface area contributed by atoms with Gasteiger partial charge in [0, 0.05) is 25.2 Å². The monoisotopic (exact) mass is 312 g/mol. The Kier molecular flexibility index (Phi) is 4.52. The normalized spacial score (nSPS) is 30.2. The standard InChI is InChI=1S/C20H28N2O/c1-15(11-16-5-3-2-4-6-16)19-12-20(19)21-17-7-9-22(10-8-17)18-13-23-14-18/h2-6,11,17-21H,7-10,12-14H2,1H3/b15-11+. The van der Waals surface area contributed by atoms with Crippen LogP contribution in [0.5, 0.6) is 0 Å². The van der Waals surface area contributed by atoms with Crippen molar-refractivity contribution in [3.63, 3.8) is 0 Å². The highest BCUT2D eigenvalue weighted by Gasteiger charge is 2.40. The third-order valence-electron chi connectivity index (χ3n) is 5.69. The lowest BCUT2D eigenvalue weighted by atomic mass is 10.0. The molecule has 0 radical (unpaired) electrons. The van der Waals surface area contributed by atoms with E-state index < -0.39 is 0 Å². The molecule has 1 aromatic rings. The van der Waals surface area contributed by atoms with Crippen molar-refractivity contribution in [3.05, 3.63) is 41.5 Å². The summed E-state index contributed by atoms with van der Waals surface area (Å²) in [4.78, 5) is 2.62. The summed E-state index contributed by atoms with van der Waals surface area (Å²) in [5.41, 5.74) is 2.85. The van der Waals surface area contributed by atoms with Crippen LogP contribution in [0.3, 0.4) is 0 Å². The van der Waals surface area contributed by atoms with Crippen molar-refractivity contribution in [2.24, 2.45) is 5.92 Å². The maximum Gasteiger partial charge on any atom is 0.0645 e. The molecule has 0 aromatic heterocycles. The number of ether oxygens (including phenoxy) is 1. The molecule has 23 heavy (non-hydrogen) atoms. The largest absolute Gasteiger partial charge is 0.378 e. The Bertz CT molecular complexity index is 544. The van der Waals surface area contributed by atoms with Gasteiger partial charge in [-0.2, -0.15) is 0 Å². The average molecular weight is 312 g/mol. The summed E-state index contributed by atoms with van der Waals surface area (Å²) in [7, 11) is 0. The highest BCUT2D eigenvalue weighted by atomic mass is 16.5. The van der Waals surface area contributed by atoms with E-state index in [9.17, 15) is 0 Å². The van der Waals surface area contributed by atoms with Gasteiger partial charge in [-0.15, -0.1) is 0 Å². The van der Waals surface area contributed by atoms with Gasteiger partial charge < -0.3 is 10.1 Å². The van der Waals surface area contributed by atoms with Crippen LogP contribution in [0, 0.1) is 5.92 Å². The van der Waals surface area contributed by atoms with E-state index >= 15 is 0 Å². The fourth-order valence-corrected chi connectivity index (χ4v) is 3.97. The molecule has 3 fully saturated rings. The van der Waals surface area contributed by atoms with Crippen LogP contribution >= 0.6 is 0 Å². The molecule has 1 N–H and O–H groups in total. The smallest absolute Gasteiger partial charge is 0.0645 e. The summed E-state index contributed by atoms with van der Waals surface area (Å²) >= 11 is 0. The summed E-state index contributed by atoms with van der Waals surface area (Å²) in [6.45, 7) is 6.67. The van der Waals surface area contributed by atoms with Crippen molar-refractivity contribution in [2.75, 3.05) is 26.3 Å². The minimum absolute atomic E-state index is 0.707. The first-order valence-electron chi connectivity index (χ1n) is 9.10. The maximum atomic E-state index is 5.32. The average Bonchev–Trinajstić information content (AvgIpc) is 3.28. The molecule has 124 valence electrons. The van der Waals surface area contributed by atoms with Gasteiger partial charge in [-0.25, -0.2) is 0 Å². The zero-order chi connectivity index (χ0) is 15.6. The maximum absolute atomic E-state index is 5.32. The molecular formula is C20H28N2O. The number of hydrogen-bond acceptors (Lipinski definition) is 3. The summed E-state index contributed by atoms with van der Waals surface area (Å²) in [5, 5.41) is 3.91. The summed E-state index contributed by atoms with van der Waals surface area (Å²) in [6, 6.07) is 12.8. The zero-order valence-corrected chi connectivity index (χ0v) is 14.1. The van der Waals surface area contributed by atoms with Gasteiger partial charge in [0.15, 0.2) is 0 Å². The fourth-order valence-electron chi connectivity index (χ4n) is 3.97. The number of benzene rings is 1. The van der Waals surface area contributed by atoms with Crippen LogP contribution in [0.25, 0.3) is 6.08 Å². The van der Waals surface area contributed by atoms with Crippen LogP contribution in [0.15, 0.2) is 35.9 Å². The molecule has 3 heteroatoms. The molecule has 2 aliphatic heterocycles. The Balaban J connectivity index is 1.23. The molecule has 1 aliphatic carbocycles. The molecule has 0 bridgehead atoms. The van der Waals surface area contributed by atoms with Gasteiger partial charge in [-0.1, -0.05) is 42.0 Å². The number of piperidine rings is 1. The van der Waals surface area contributed by atoms with Crippen LogP contribution < -0.4 is 5.32 Å². The van der Waals surface area contributed by atoms with Gasteiger partial charge in [-0.05, 0) is 37.7 Å². The van der Waals surface area contributed by atoms with E-state index in [-0.39, 0.29) is 0 Å². The van der Waals surface area contributed by atoms with Crippen molar-refractivity contribution >= 4 is 6.08 Å². The quantitative estimate of drug-likeness (QED) is 0.905. The third kappa shape index (κ3) is 3.68. The summed E-state index contributed by atoms with van der Waals surface area (Å²) < 4.78 is 5.32. The lowest BCUT2D eigenvalue weighted by Crippen LogP contribution is -2.54. The second-order valence-corrected chi connectivity index (χ2v) is 7.42. The van der Waals surface area contributed by atoms with E-state index in [0.29, 0.717) is 18.1 Å². The minimum atomic E-state index is 0.707. The number of likely N-dealkylation sites (tertiary alicyclic amines) is 1. The first-order chi connectivity index (χ1) is 11.3. The summed E-state index contributed by atoms with van der Waals surface area (Å²) in [6.07, 6.45) is 6.25. The van der Waals surface area contributed by atoms with E-state index in [4.69, 9.17) is 4.74 Å². The first-order valence-corrected chi connectivity index (χ1v) is 9.10. The van der Waals surface area contributed by atoms with Crippen molar-refractivity contribution in [2.45, 2.75) is 44.3 Å². The molecule has 2 unspecified atom stereocenters. The molecule has 2 atom stereocenters. The van der Waals surface area contributed by atoms with Crippen LogP contribution in [0.2, 0.25) is 0 Å². The molecule has 1 aromatic carbocycles. The van der Waals surface area contributed by atoms with Gasteiger partial charge in [0.1, 0.15) is 0 Å². The minimum Gasteiger partial charge on any atom is -0.378 e. The van der Waals surface area contributed by atoms with Crippen molar-refractivity contribution in [1.82, 2.24) is 10.2 Å². The first kappa shape index (κ1) is 15.4. The molecule has 1 saturated carbocycles. The Morgan fingerprint density at radius 1 is 1.17 bits per heavy atom. The Labute approximate surface area is 139 Å². The van der Waals surface area contributed by atoms with E-state index in [1.54, 1.807) is 0 Å². The van der Waals surface area contributed by atoms with E-state index in [2.05, 4.69) is 53.5 Å². The lowest BCUT2D eigenvalue weighted by molar-refractivity contribution is -0.0719. The van der Waals surface area contributed by atoms with Crippen LogP contribution in [-0.4, -0.2) is 49.3 Å². The number of nitrogens with zero attached hydrogens (tertiary/aromatic N) is 1. The van der Waals surface area contributed by atoms with E-state index in [1.807, 2.05) is 0 Å². The molecule has 2 heterocycles. The predicted octanol–water partition coefficient (Wildman–Crippen LogP) is 2.93. The van der Waals surface area contributed by atoms with Gasteiger partial charge in [0.05, 0.1) is 19.3 Å². The highest BCUT2D eigenvalue weighted by Crippen LogP contribution is 2.38. The SMILES string of the molecule is C/C(=C\c1ccccc1)C1CC1NC1CCN(C2COC2)CC1. The summed E-state index contributed by atoms with van der Waals surface area (Å²) in [5.74, 6) is 0.744. The molecule has 3 nitrogen and oxygen atoms in total. The Morgan fingerprint density at radius 2 is 1.91 bits per heavy atom. The van der Waals surface area contributed by atoms with Crippen molar-refractivity contribution < 1.29 is 4.74 Å². The molecule has 3 aliphatic rings. The predicted molar refractivity (Wildman–Crippen MR) is 94.3 cm³/mol. The third-order valence-corrected chi connectivity index (χ3v) is 5.69. The van der Waals surface area contributed by atoms with Gasteiger partial charge >= 0.3 is 0 Å². The molecule has 4 rings (SSSR count). The zero-order valence-electron chi connectivity index (χ0n) is 14.1. The molecule has 0 amide bonds. The lowest BCUT2D eigenvalue weighted by Gasteiger charge is -2.41. The van der Waals surface area contributed by atoms with Crippen LogP contribution in [-0.2, 0) is 4.74 Å². The Morgan fingerprint density at radius 3 is 2.57 bits per heavy atom. The van der Waals surface area contributed by atoms with Crippen LogP contribution in [0.1, 0.15) is 31.7 Å². The van der Waals surface area contributed by atoms with Crippen molar-refractivity contribution in [3.8, 4) is 0 Å². The number of hydrogen-bond donors (Lipinski definition) is 1. The number of nitrogens with one attached hydrogen (secondary N) is 1. The topological polar surface area (TPSA) is 24.5 Å². The van der Waals surface area contributed by atoms with E-state index in [1.165, 1.54) is 43.5 Å². The van der Waals surface area contributed by atoms with Crippen molar-refractivity contribution in [1.29, 1.82) is 0 Å². The van der Waals surface area contributed by atoms with E-state index in [0.717, 1.165) is 19.1 Å². The van der Waals surface area contributed by atoms with Gasteiger partial charge in [-0.3, -0.25) is 4.90 Å². The molecule has 0 spiro atoms. The highest BCUT2D eigenvalue weighted by molar-refractivity contribution is 5.53. The fraction of sp³-hybridized carbons (Fsp3) is 0.600. The van der Waals surface area contributed by atoms with Gasteiger partial charge in [0.25, 0.3) is 0 Å². The molecular weight excluding hydrogens is 284 g/mol. The van der Waals surface area contributed by atoms with Gasteiger partial charge in [0.2, 0.25) is 0 Å². The van der Waals surface area contributed by atoms with Crippen LogP contribution in [0.4, 0.5) is 0 Å². The molecule has 2 saturated heterocycles.